The van der Waals surface area contributed by atoms with E-state index < -0.39 is 13.3 Å². The molecule has 0 saturated heterocycles. The average Bonchev–Trinajstić information content (AvgIpc) is 3.28. The van der Waals surface area contributed by atoms with Gasteiger partial charge in [0.1, 0.15) is 0 Å². The van der Waals surface area contributed by atoms with E-state index in [0.29, 0.717) is 0 Å². The summed E-state index contributed by atoms with van der Waals surface area (Å²) in [7, 11) is 0. The predicted octanol–water partition coefficient (Wildman–Crippen LogP) is 10.7. The van der Waals surface area contributed by atoms with Crippen LogP contribution in [0.1, 0.15) is 77.6 Å². The number of nitrogens with zero attached hydrogens (tertiary/aromatic N) is 2. The fourth-order valence-electron chi connectivity index (χ4n) is 7.53. The van der Waals surface area contributed by atoms with Gasteiger partial charge in [0.25, 0.3) is 0 Å². The number of hydrogen-bond acceptors (Lipinski definition) is 3. The number of rotatable bonds is 7. The van der Waals surface area contributed by atoms with Crippen LogP contribution in [-0.2, 0) is 11.8 Å². The van der Waals surface area contributed by atoms with Crippen molar-refractivity contribution >= 4 is 22.1 Å². The summed E-state index contributed by atoms with van der Waals surface area (Å²) in [6.07, 6.45) is 5.05. The molecular formula is C43H50GeN2O. The Balaban J connectivity index is 1.41. The van der Waals surface area contributed by atoms with Gasteiger partial charge in [-0.05, 0) is 17.0 Å². The van der Waals surface area contributed by atoms with Gasteiger partial charge in [0.15, 0.2) is 0 Å². The van der Waals surface area contributed by atoms with Crippen LogP contribution in [-0.4, -0.2) is 23.2 Å². The molecule has 0 fully saturated rings. The van der Waals surface area contributed by atoms with Crippen molar-refractivity contribution in [3.63, 3.8) is 0 Å². The van der Waals surface area contributed by atoms with Crippen molar-refractivity contribution in [2.45, 2.75) is 91.6 Å². The molecule has 2 aromatic heterocycles. The second kappa shape index (κ2) is 12.4. The molecule has 242 valence electrons. The Hall–Kier alpha value is -3.70. The minimum absolute atomic E-state index is 0.0525. The Morgan fingerprint density at radius 3 is 1.94 bits per heavy atom. The zero-order chi connectivity index (χ0) is 33.7. The second-order valence-corrected chi connectivity index (χ2v) is 25.6. The monoisotopic (exact) mass is 684 g/mol. The van der Waals surface area contributed by atoms with Gasteiger partial charge in [-0.25, -0.2) is 0 Å². The van der Waals surface area contributed by atoms with Gasteiger partial charge in [-0.2, -0.15) is 0 Å². The van der Waals surface area contributed by atoms with E-state index in [1.165, 1.54) is 32.8 Å². The van der Waals surface area contributed by atoms with E-state index >= 15 is 0 Å². The fourth-order valence-corrected chi connectivity index (χ4v) is 17.2. The van der Waals surface area contributed by atoms with Crippen molar-refractivity contribution in [1.29, 1.82) is 0 Å². The molecule has 0 amide bonds. The van der Waals surface area contributed by atoms with E-state index in [4.69, 9.17) is 14.7 Å². The molecule has 6 rings (SSSR count). The number of pyridine rings is 2. The number of aromatic nitrogens is 2. The van der Waals surface area contributed by atoms with Crippen molar-refractivity contribution < 1.29 is 4.74 Å². The standard InChI is InChI=1S/C43H50GeN2O/c1-11-44(12-2)37-16-18-46-41(40(37)36-14-13-30(23-38(36)44)27-42(5,6)7)32-20-29(4)22-35(25-32)47-34-21-28(3)19-31(24-34)39-26-33(15-17-45-39)43(8,9)10/h13-26H,11-12,27H2,1-10H3. The first-order chi connectivity index (χ1) is 22.2. The van der Waals surface area contributed by atoms with Crippen LogP contribution in [0.3, 0.4) is 0 Å². The van der Waals surface area contributed by atoms with Crippen LogP contribution < -0.4 is 13.5 Å². The van der Waals surface area contributed by atoms with Crippen LogP contribution in [0.15, 0.2) is 85.2 Å². The van der Waals surface area contributed by atoms with E-state index in [9.17, 15) is 0 Å². The summed E-state index contributed by atoms with van der Waals surface area (Å²) >= 11 is -2.58. The summed E-state index contributed by atoms with van der Waals surface area (Å²) in [5.74, 6) is 1.64. The SMILES string of the molecule is C[CH2][Ge]1([CH2]C)[c]2cc(CC(C)(C)C)ccc2-c2[c]1ccnc2-c1cc(C)cc(Oc2cc(C)cc(-c3cc(C(C)(C)C)ccn3)c2)c1. The molecule has 1 aliphatic heterocycles. The summed E-state index contributed by atoms with van der Waals surface area (Å²) in [5, 5.41) is 2.48. The summed E-state index contributed by atoms with van der Waals surface area (Å²) in [6.45, 7) is 22.8. The molecule has 0 saturated carbocycles. The van der Waals surface area contributed by atoms with Crippen molar-refractivity contribution in [2.24, 2.45) is 5.41 Å². The van der Waals surface area contributed by atoms with Crippen LogP contribution in [0.25, 0.3) is 33.6 Å². The molecule has 0 N–H and O–H groups in total. The third kappa shape index (κ3) is 6.57. The number of ether oxygens (including phenoxy) is 1. The Labute approximate surface area is 285 Å². The molecular weight excluding hydrogens is 633 g/mol. The topological polar surface area (TPSA) is 35.0 Å². The van der Waals surface area contributed by atoms with E-state index in [-0.39, 0.29) is 10.8 Å². The van der Waals surface area contributed by atoms with Gasteiger partial charge < -0.3 is 0 Å². The molecule has 0 spiro atoms. The molecule has 0 unspecified atom stereocenters. The summed E-state index contributed by atoms with van der Waals surface area (Å²) in [4.78, 5) is 9.81. The van der Waals surface area contributed by atoms with Gasteiger partial charge in [-0.1, -0.05) is 20.8 Å². The number of fused-ring (bicyclic) bond motifs is 3. The number of aryl methyl sites for hydroxylation is 2. The van der Waals surface area contributed by atoms with Crippen molar-refractivity contribution in [3.05, 3.63) is 107 Å². The van der Waals surface area contributed by atoms with E-state index in [1.807, 2.05) is 6.20 Å². The van der Waals surface area contributed by atoms with Gasteiger partial charge in [0.05, 0.1) is 0 Å². The minimum atomic E-state index is -2.58. The van der Waals surface area contributed by atoms with Crippen LogP contribution in [0.5, 0.6) is 11.5 Å². The van der Waals surface area contributed by atoms with Gasteiger partial charge in [0, 0.05) is 6.20 Å². The number of hydrogen-bond donors (Lipinski definition) is 0. The molecule has 0 atom stereocenters. The molecule has 47 heavy (non-hydrogen) atoms. The average molecular weight is 683 g/mol. The van der Waals surface area contributed by atoms with E-state index in [1.54, 1.807) is 8.79 Å². The maximum absolute atomic E-state index is 6.65. The zero-order valence-corrected chi connectivity index (χ0v) is 32.1. The molecule has 1 aliphatic rings. The normalized spacial score (nSPS) is 13.7. The summed E-state index contributed by atoms with van der Waals surface area (Å²) in [6, 6.07) is 27.0. The maximum atomic E-state index is 6.65. The van der Waals surface area contributed by atoms with Crippen molar-refractivity contribution in [3.8, 4) is 45.1 Å². The van der Waals surface area contributed by atoms with Crippen LogP contribution in [0.2, 0.25) is 10.5 Å². The molecule has 0 bridgehead atoms. The number of benzene rings is 3. The second-order valence-electron chi connectivity index (χ2n) is 15.8. The Morgan fingerprint density at radius 2 is 1.30 bits per heavy atom. The van der Waals surface area contributed by atoms with Gasteiger partial charge >= 0.3 is 242 Å². The zero-order valence-electron chi connectivity index (χ0n) is 30.0. The molecule has 3 aromatic carbocycles. The van der Waals surface area contributed by atoms with Crippen molar-refractivity contribution in [1.82, 2.24) is 9.97 Å². The summed E-state index contributed by atoms with van der Waals surface area (Å²) in [5.41, 5.74) is 12.3. The van der Waals surface area contributed by atoms with E-state index in [2.05, 4.69) is 148 Å². The van der Waals surface area contributed by atoms with Gasteiger partial charge in [-0.15, -0.1) is 0 Å². The third-order valence-electron chi connectivity index (χ3n) is 9.81. The predicted molar refractivity (Wildman–Crippen MR) is 202 cm³/mol. The van der Waals surface area contributed by atoms with Crippen LogP contribution in [0, 0.1) is 19.3 Å². The van der Waals surface area contributed by atoms with E-state index in [0.717, 1.165) is 51.6 Å². The van der Waals surface area contributed by atoms with Crippen LogP contribution >= 0.6 is 0 Å². The van der Waals surface area contributed by atoms with Gasteiger partial charge in [-0.3, -0.25) is 0 Å². The van der Waals surface area contributed by atoms with Crippen LogP contribution in [0.4, 0.5) is 0 Å². The first kappa shape index (κ1) is 33.2. The first-order valence-electron chi connectivity index (χ1n) is 17.2. The quantitative estimate of drug-likeness (QED) is 0.160. The van der Waals surface area contributed by atoms with Crippen molar-refractivity contribution in [2.75, 3.05) is 0 Å². The molecule has 5 aromatic rings. The molecule has 3 heterocycles. The third-order valence-corrected chi connectivity index (χ3v) is 20.9. The molecule has 0 aliphatic carbocycles. The molecule has 4 heteroatoms. The van der Waals surface area contributed by atoms with Gasteiger partial charge in [0.2, 0.25) is 0 Å². The summed E-state index contributed by atoms with van der Waals surface area (Å²) < 4.78 is 9.88. The fraction of sp³-hybridized carbons (Fsp3) is 0.349. The molecule has 3 nitrogen and oxygen atoms in total. The Bertz CT molecular complexity index is 1960. The Morgan fingerprint density at radius 1 is 0.660 bits per heavy atom. The molecule has 0 radical (unpaired) electrons. The first-order valence-corrected chi connectivity index (χ1v) is 22.3. The Kier molecular flexibility index (Phi) is 8.76.